The van der Waals surface area contributed by atoms with Crippen LogP contribution in [0.25, 0.3) is 0 Å². The van der Waals surface area contributed by atoms with Gasteiger partial charge >= 0.3 is 0 Å². The van der Waals surface area contributed by atoms with Crippen LogP contribution in [0.5, 0.6) is 0 Å². The highest BCUT2D eigenvalue weighted by Crippen LogP contribution is 2.37. The van der Waals surface area contributed by atoms with Gasteiger partial charge in [0.15, 0.2) is 0 Å². The lowest BCUT2D eigenvalue weighted by Gasteiger charge is -2.43. The highest BCUT2D eigenvalue weighted by Gasteiger charge is 2.48. The van der Waals surface area contributed by atoms with Gasteiger partial charge in [-0.3, -0.25) is 4.57 Å². The van der Waals surface area contributed by atoms with Crippen molar-refractivity contribution in [1.29, 1.82) is 0 Å². The topological polar surface area (TPSA) is 220 Å². The van der Waals surface area contributed by atoms with Crippen LogP contribution in [0.15, 0.2) is 0 Å². The predicted molar refractivity (Wildman–Crippen MR) is 230 cm³/mol. The summed E-state index contributed by atoms with van der Waals surface area (Å²) in [6.07, 6.45) is 0.695. The average Bonchev–Trinajstić information content (AvgIpc) is 3.08. The third-order valence-corrected chi connectivity index (χ3v) is 9.99. The molecule has 8 atom stereocenters. The van der Waals surface area contributed by atoms with E-state index in [0.29, 0.717) is 18.3 Å². The van der Waals surface area contributed by atoms with Gasteiger partial charge in [-0.05, 0) is 67.1 Å². The molecule has 6 N–H and O–H groups in total. The Balaban J connectivity index is -0.000000194. The minimum Gasteiger partial charge on any atom is -0.756 e. The van der Waals surface area contributed by atoms with E-state index in [9.17, 15) is 44.9 Å². The zero-order chi connectivity index (χ0) is 46.4. The van der Waals surface area contributed by atoms with Crippen LogP contribution < -0.4 is 10.00 Å². The molecule has 1 rings (SSSR count). The highest BCUT2D eigenvalue weighted by molar-refractivity contribution is 7.45. The van der Waals surface area contributed by atoms with Crippen LogP contribution in [-0.2, 0) is 18.4 Å². The summed E-state index contributed by atoms with van der Waals surface area (Å²) in [7, 11) is 3.81. The van der Waals surface area contributed by atoms with Gasteiger partial charge in [0, 0.05) is 19.0 Å². The molecule has 0 aromatic rings. The Morgan fingerprint density at radius 2 is 1.09 bits per heavy atom. The van der Waals surface area contributed by atoms with Crippen LogP contribution in [0.3, 0.4) is 0 Å². The van der Waals surface area contributed by atoms with E-state index in [1.54, 1.807) is 20.8 Å². The van der Waals surface area contributed by atoms with Crippen molar-refractivity contribution in [3.05, 3.63) is 0 Å². The molecule has 0 spiro atoms. The minimum atomic E-state index is -3.99. The number of phosphoric ester groups is 1. The van der Waals surface area contributed by atoms with Crippen LogP contribution in [0, 0.1) is 47.3 Å². The average molecular weight is 849 g/mol. The molecule has 0 aromatic heterocycles. The van der Waals surface area contributed by atoms with Crippen LogP contribution in [0.2, 0.25) is 0 Å². The lowest BCUT2D eigenvalue weighted by atomic mass is 9.73. The molecule has 1 aliphatic carbocycles. The summed E-state index contributed by atoms with van der Waals surface area (Å²) in [5.41, 5.74) is 0. The molecule has 0 heterocycles. The summed E-state index contributed by atoms with van der Waals surface area (Å²) in [6.45, 7) is 32.1. The van der Waals surface area contributed by atoms with E-state index >= 15 is 0 Å². The third-order valence-electron chi connectivity index (χ3n) is 9.08. The number of quaternary nitrogens is 1. The van der Waals surface area contributed by atoms with Crippen molar-refractivity contribution >= 4 is 13.8 Å². The van der Waals surface area contributed by atoms with Gasteiger partial charge in [-0.2, -0.15) is 0 Å². The van der Waals surface area contributed by atoms with Crippen LogP contribution in [0.1, 0.15) is 149 Å². The summed E-state index contributed by atoms with van der Waals surface area (Å²) in [6, 6.07) is 0. The Bertz CT molecular complexity index is 945. The fourth-order valence-corrected chi connectivity index (χ4v) is 5.72. The predicted octanol–water partition coefficient (Wildman–Crippen LogP) is 5.64. The normalized spacial score (nSPS) is 23.2. The first kappa shape index (κ1) is 65.4. The number of hydrogen-bond donors (Lipinski definition) is 6. The maximum Gasteiger partial charge on any atom is 0.267 e. The van der Waals surface area contributed by atoms with Crippen molar-refractivity contribution < 1.29 is 63.5 Å². The number of aliphatic hydroxyl groups excluding tert-OH is 6. The number of carbonyl (C=O) groups is 1. The smallest absolute Gasteiger partial charge is 0.267 e. The number of phosphoric acid groups is 1. The van der Waals surface area contributed by atoms with Crippen LogP contribution in [0.4, 0.5) is 0 Å². The molecule has 0 amide bonds. The van der Waals surface area contributed by atoms with Gasteiger partial charge < -0.3 is 59.0 Å². The Hall–Kier alpha value is -0.700. The van der Waals surface area contributed by atoms with Crippen molar-refractivity contribution in [3.8, 4) is 0 Å². The van der Waals surface area contributed by atoms with Gasteiger partial charge in [-0.1, -0.05) is 123 Å². The fourth-order valence-electron chi connectivity index (χ4n) is 5.18. The number of carboxylic acids is 1. The summed E-state index contributed by atoms with van der Waals surface area (Å²) in [5.74, 6) is 1.11. The molecule has 7 unspecified atom stereocenters. The Labute approximate surface area is 350 Å². The van der Waals surface area contributed by atoms with Crippen molar-refractivity contribution in [3.63, 3.8) is 0 Å². The minimum absolute atomic E-state index is 0.0741. The van der Waals surface area contributed by atoms with Gasteiger partial charge in [-0.15, -0.1) is 0 Å². The first-order chi connectivity index (χ1) is 25.8. The molecule has 0 aromatic carbocycles. The SMILES string of the molecule is CC(C)C1C(O)C(O)C(O)C(O)C1O.CC(C)CC[N+](C)(C)C.CC(C)C[C@H](C)C(=O)[O-].CCC(C)COP(=O)([O-])OC.CCC(O)CC(C)C.CCCC(C)C. The summed E-state index contributed by atoms with van der Waals surface area (Å²) >= 11 is 0. The molecule has 57 heavy (non-hydrogen) atoms. The molecule has 350 valence electrons. The van der Waals surface area contributed by atoms with E-state index in [1.807, 2.05) is 34.6 Å². The first-order valence-corrected chi connectivity index (χ1v) is 22.8. The quantitative estimate of drug-likeness (QED) is 0.0774. The number of aliphatic hydroxyl groups is 6. The standard InChI is InChI=1S/C9H18O5.C8H20N.C7H14O2.C7H16O.C6H15O4P.C6H14/c1-3(2)4-5(10)7(12)9(14)8(13)6(4)11;1-8(2)6-7-9(3,4)5;1-5(2)4-6(3)7(8)9;1-4-7(8)5-6(2)3;1-4-6(2)5-10-11(7,8)9-3;1-4-5-6(2)3/h3-14H,1-2H3;8H,6-7H2,1-5H3;5-6H,4H2,1-3H3,(H,8,9);6-8H,4-5H2,1-3H3;6H,4-5H2,1-3H3,(H,7,8);6H,4-5H2,1-3H3/q;+1;;;;/p-2/t;;6-;;;/m..0.../s1. The van der Waals surface area contributed by atoms with Gasteiger partial charge in [0.2, 0.25) is 0 Å². The second kappa shape index (κ2) is 36.0. The molecule has 1 saturated carbocycles. The molecule has 1 fully saturated rings. The van der Waals surface area contributed by atoms with E-state index in [2.05, 4.69) is 78.7 Å². The number of hydrogen-bond acceptors (Lipinski definition) is 12. The maximum atomic E-state index is 10.6. The van der Waals surface area contributed by atoms with Crippen molar-refractivity contribution in [1.82, 2.24) is 0 Å². The van der Waals surface area contributed by atoms with Gasteiger partial charge in [0.05, 0.1) is 52.6 Å². The van der Waals surface area contributed by atoms with E-state index in [1.165, 1.54) is 25.8 Å². The Morgan fingerprint density at radius 1 is 0.684 bits per heavy atom. The monoisotopic (exact) mass is 849 g/mol. The van der Waals surface area contributed by atoms with Gasteiger partial charge in [-0.25, -0.2) is 0 Å². The maximum absolute atomic E-state index is 10.6. The second-order valence-electron chi connectivity index (χ2n) is 18.6. The van der Waals surface area contributed by atoms with E-state index in [0.717, 1.165) is 42.7 Å². The summed E-state index contributed by atoms with van der Waals surface area (Å²) in [5, 5.41) is 66.4. The van der Waals surface area contributed by atoms with Gasteiger partial charge in [0.25, 0.3) is 7.82 Å². The molecule has 0 radical (unpaired) electrons. The van der Waals surface area contributed by atoms with Crippen LogP contribution >= 0.6 is 7.82 Å². The zero-order valence-electron chi connectivity index (χ0n) is 40.0. The first-order valence-electron chi connectivity index (χ1n) is 21.4. The van der Waals surface area contributed by atoms with Crippen molar-refractivity contribution in [2.24, 2.45) is 47.3 Å². The Morgan fingerprint density at radius 3 is 1.28 bits per heavy atom. The van der Waals surface area contributed by atoms with Crippen LogP contribution in [-0.4, -0.2) is 119 Å². The van der Waals surface area contributed by atoms with E-state index < -0.39 is 50.2 Å². The molecular weight excluding hydrogens is 753 g/mol. The summed E-state index contributed by atoms with van der Waals surface area (Å²) in [4.78, 5) is 20.7. The molecule has 0 aliphatic heterocycles. The van der Waals surface area contributed by atoms with E-state index in [4.69, 9.17) is 5.11 Å². The second-order valence-corrected chi connectivity index (χ2v) is 20.2. The van der Waals surface area contributed by atoms with Gasteiger partial charge in [0.1, 0.15) is 18.3 Å². The molecule has 0 bridgehead atoms. The lowest BCUT2D eigenvalue weighted by molar-refractivity contribution is -0.870. The Kier molecular flexibility index (Phi) is 41.3. The number of nitrogens with zero attached hydrogens (tertiary/aromatic N) is 1. The summed E-state index contributed by atoms with van der Waals surface area (Å²) < 4.78 is 20.3. The zero-order valence-corrected chi connectivity index (χ0v) is 40.9. The van der Waals surface area contributed by atoms with E-state index in [-0.39, 0.29) is 30.5 Å². The number of aliphatic carboxylic acids is 1. The molecule has 14 heteroatoms. The largest absolute Gasteiger partial charge is 0.756 e. The molecule has 1 aliphatic rings. The fraction of sp³-hybridized carbons (Fsp3) is 0.977. The van der Waals surface area contributed by atoms with Crippen molar-refractivity contribution in [2.45, 2.75) is 185 Å². The molecular formula is C43H95NO12P-. The number of rotatable bonds is 17. The highest BCUT2D eigenvalue weighted by atomic mass is 31.2. The molecule has 13 nitrogen and oxygen atoms in total. The van der Waals surface area contributed by atoms with Crippen molar-refractivity contribution in [2.75, 3.05) is 41.4 Å². The number of carbonyl (C=O) groups excluding carboxylic acids is 1. The number of carboxylic acid groups (broad SMARTS) is 1. The molecule has 0 saturated heterocycles. The lowest BCUT2D eigenvalue weighted by Crippen LogP contribution is -2.62. The third kappa shape index (κ3) is 41.8.